The summed E-state index contributed by atoms with van der Waals surface area (Å²) in [5.74, 6) is -2.79. The molecule has 0 aliphatic heterocycles. The van der Waals surface area contributed by atoms with Crippen molar-refractivity contribution >= 4 is 23.4 Å². The van der Waals surface area contributed by atoms with E-state index in [0.717, 1.165) is 12.1 Å². The molecule has 0 saturated heterocycles. The normalized spacial score (nSPS) is 10.9. The quantitative estimate of drug-likeness (QED) is 0.854. The standard InChI is InChI=1S/C18H18F2N2O3/c1-18(2,3)25-17(24)22-12-9-7-11(8-10-12)21-16(23)15-13(19)5-4-6-14(15)20/h4-10H,1-3H3,(H,21,23)(H,22,24). The number of benzene rings is 2. The first-order chi connectivity index (χ1) is 11.7. The van der Waals surface area contributed by atoms with E-state index in [9.17, 15) is 18.4 Å². The maximum Gasteiger partial charge on any atom is 0.412 e. The molecule has 7 heteroatoms. The van der Waals surface area contributed by atoms with Gasteiger partial charge in [0, 0.05) is 11.4 Å². The van der Waals surface area contributed by atoms with Crippen LogP contribution in [0, 0.1) is 11.6 Å². The number of hydrogen-bond acceptors (Lipinski definition) is 3. The fourth-order valence-electron chi connectivity index (χ4n) is 1.97. The van der Waals surface area contributed by atoms with Crippen molar-refractivity contribution < 1.29 is 23.1 Å². The van der Waals surface area contributed by atoms with Crippen molar-refractivity contribution in [3.05, 3.63) is 59.7 Å². The summed E-state index contributed by atoms with van der Waals surface area (Å²) in [6, 6.07) is 9.22. The van der Waals surface area contributed by atoms with Gasteiger partial charge in [-0.15, -0.1) is 0 Å². The number of hydrogen-bond donors (Lipinski definition) is 2. The summed E-state index contributed by atoms with van der Waals surface area (Å²) in [4.78, 5) is 23.7. The van der Waals surface area contributed by atoms with E-state index in [4.69, 9.17) is 4.74 Å². The lowest BCUT2D eigenvalue weighted by Gasteiger charge is -2.19. The fraction of sp³-hybridized carbons (Fsp3) is 0.222. The Bertz CT molecular complexity index is 764. The molecule has 25 heavy (non-hydrogen) atoms. The summed E-state index contributed by atoms with van der Waals surface area (Å²) in [6.45, 7) is 5.23. The Morgan fingerprint density at radius 1 is 0.880 bits per heavy atom. The number of amides is 2. The minimum Gasteiger partial charge on any atom is -0.444 e. The van der Waals surface area contributed by atoms with Gasteiger partial charge in [0.1, 0.15) is 22.8 Å². The van der Waals surface area contributed by atoms with Crippen LogP contribution < -0.4 is 10.6 Å². The molecule has 0 heterocycles. The minimum absolute atomic E-state index is 0.322. The van der Waals surface area contributed by atoms with Crippen molar-refractivity contribution in [3.63, 3.8) is 0 Å². The molecular weight excluding hydrogens is 330 g/mol. The van der Waals surface area contributed by atoms with Gasteiger partial charge in [0.15, 0.2) is 0 Å². The number of nitrogens with one attached hydrogen (secondary N) is 2. The molecule has 0 unspecified atom stereocenters. The van der Waals surface area contributed by atoms with Gasteiger partial charge in [0.2, 0.25) is 0 Å². The van der Waals surface area contributed by atoms with Gasteiger partial charge in [-0.25, -0.2) is 13.6 Å². The summed E-state index contributed by atoms with van der Waals surface area (Å²) in [5, 5.41) is 4.93. The first-order valence-corrected chi connectivity index (χ1v) is 7.51. The molecule has 2 aromatic carbocycles. The second kappa shape index (κ2) is 7.29. The molecular formula is C18H18F2N2O3. The third-order valence-electron chi connectivity index (χ3n) is 2.98. The Balaban J connectivity index is 2.03. The molecule has 5 nitrogen and oxygen atoms in total. The Labute approximate surface area is 144 Å². The van der Waals surface area contributed by atoms with Gasteiger partial charge in [0.25, 0.3) is 5.91 Å². The first-order valence-electron chi connectivity index (χ1n) is 7.51. The molecule has 0 saturated carbocycles. The lowest BCUT2D eigenvalue weighted by Crippen LogP contribution is -2.27. The molecule has 0 fully saturated rings. The highest BCUT2D eigenvalue weighted by atomic mass is 19.1. The summed E-state index contributed by atoms with van der Waals surface area (Å²) in [5.41, 5.74) is -0.507. The molecule has 132 valence electrons. The summed E-state index contributed by atoms with van der Waals surface area (Å²) in [6.07, 6.45) is -0.613. The second-order valence-electron chi connectivity index (χ2n) is 6.26. The lowest BCUT2D eigenvalue weighted by molar-refractivity contribution is 0.0635. The lowest BCUT2D eigenvalue weighted by atomic mass is 10.1. The number of halogens is 2. The molecule has 0 spiro atoms. The number of rotatable bonds is 3. The van der Waals surface area contributed by atoms with Crippen LogP contribution in [-0.4, -0.2) is 17.6 Å². The Morgan fingerprint density at radius 3 is 1.84 bits per heavy atom. The summed E-state index contributed by atoms with van der Waals surface area (Å²) in [7, 11) is 0. The van der Waals surface area contributed by atoms with E-state index in [1.54, 1.807) is 20.8 Å². The van der Waals surface area contributed by atoms with E-state index in [-0.39, 0.29) is 0 Å². The number of anilines is 2. The van der Waals surface area contributed by atoms with E-state index >= 15 is 0 Å². The van der Waals surface area contributed by atoms with Crippen LogP contribution in [0.1, 0.15) is 31.1 Å². The molecule has 2 N–H and O–H groups in total. The molecule has 0 aliphatic carbocycles. The maximum absolute atomic E-state index is 13.6. The van der Waals surface area contributed by atoms with Crippen LogP contribution in [0.4, 0.5) is 25.0 Å². The Kier molecular flexibility index (Phi) is 5.36. The molecule has 2 rings (SSSR count). The van der Waals surface area contributed by atoms with Crippen molar-refractivity contribution in [2.45, 2.75) is 26.4 Å². The third kappa shape index (κ3) is 5.27. The molecule has 0 bridgehead atoms. The van der Waals surface area contributed by atoms with Crippen LogP contribution in [0.25, 0.3) is 0 Å². The van der Waals surface area contributed by atoms with Crippen molar-refractivity contribution in [2.75, 3.05) is 10.6 Å². The molecule has 2 aromatic rings. The van der Waals surface area contributed by atoms with Gasteiger partial charge in [-0.2, -0.15) is 0 Å². The van der Waals surface area contributed by atoms with E-state index < -0.39 is 34.8 Å². The topological polar surface area (TPSA) is 67.4 Å². The Hall–Kier alpha value is -2.96. The predicted octanol–water partition coefficient (Wildman–Crippen LogP) is 4.56. The van der Waals surface area contributed by atoms with Gasteiger partial charge < -0.3 is 10.1 Å². The zero-order valence-corrected chi connectivity index (χ0v) is 14.0. The van der Waals surface area contributed by atoms with Gasteiger partial charge in [-0.3, -0.25) is 10.1 Å². The molecule has 0 aromatic heterocycles. The number of carbonyl (C=O) groups is 2. The number of ether oxygens (including phenoxy) is 1. The summed E-state index contributed by atoms with van der Waals surface area (Å²) < 4.78 is 32.3. The smallest absolute Gasteiger partial charge is 0.412 e. The van der Waals surface area contributed by atoms with Crippen molar-refractivity contribution in [1.29, 1.82) is 0 Å². The van der Waals surface area contributed by atoms with Crippen LogP contribution in [0.5, 0.6) is 0 Å². The Morgan fingerprint density at radius 2 is 1.36 bits per heavy atom. The van der Waals surface area contributed by atoms with Crippen LogP contribution in [0.15, 0.2) is 42.5 Å². The monoisotopic (exact) mass is 348 g/mol. The third-order valence-corrected chi connectivity index (χ3v) is 2.98. The highest BCUT2D eigenvalue weighted by Gasteiger charge is 2.18. The zero-order chi connectivity index (χ0) is 18.6. The first kappa shape index (κ1) is 18.4. The van der Waals surface area contributed by atoms with Crippen LogP contribution >= 0.6 is 0 Å². The highest BCUT2D eigenvalue weighted by molar-refractivity contribution is 6.04. The summed E-state index contributed by atoms with van der Waals surface area (Å²) >= 11 is 0. The van der Waals surface area contributed by atoms with E-state index in [1.807, 2.05) is 0 Å². The molecule has 0 aliphatic rings. The SMILES string of the molecule is CC(C)(C)OC(=O)Nc1ccc(NC(=O)c2c(F)cccc2F)cc1. The predicted molar refractivity (Wildman–Crippen MR) is 90.6 cm³/mol. The zero-order valence-electron chi connectivity index (χ0n) is 14.0. The van der Waals surface area contributed by atoms with E-state index in [1.165, 1.54) is 30.3 Å². The molecule has 0 radical (unpaired) electrons. The van der Waals surface area contributed by atoms with Gasteiger partial charge in [-0.1, -0.05) is 6.07 Å². The molecule has 0 atom stereocenters. The number of carbonyl (C=O) groups excluding carboxylic acids is 2. The second-order valence-corrected chi connectivity index (χ2v) is 6.26. The van der Waals surface area contributed by atoms with Crippen LogP contribution in [0.3, 0.4) is 0 Å². The fourth-order valence-corrected chi connectivity index (χ4v) is 1.97. The van der Waals surface area contributed by atoms with Gasteiger partial charge >= 0.3 is 6.09 Å². The molecule has 2 amide bonds. The average molecular weight is 348 g/mol. The van der Waals surface area contributed by atoms with Crippen LogP contribution in [-0.2, 0) is 4.74 Å². The maximum atomic E-state index is 13.6. The van der Waals surface area contributed by atoms with Crippen LogP contribution in [0.2, 0.25) is 0 Å². The van der Waals surface area contributed by atoms with Gasteiger partial charge in [0.05, 0.1) is 0 Å². The van der Waals surface area contributed by atoms with Crippen molar-refractivity contribution in [1.82, 2.24) is 0 Å². The van der Waals surface area contributed by atoms with E-state index in [2.05, 4.69) is 10.6 Å². The average Bonchev–Trinajstić information content (AvgIpc) is 2.47. The largest absolute Gasteiger partial charge is 0.444 e. The minimum atomic E-state index is -0.944. The van der Waals surface area contributed by atoms with Gasteiger partial charge in [-0.05, 0) is 57.2 Å². The van der Waals surface area contributed by atoms with Crippen molar-refractivity contribution in [3.8, 4) is 0 Å². The highest BCUT2D eigenvalue weighted by Crippen LogP contribution is 2.18. The van der Waals surface area contributed by atoms with E-state index in [0.29, 0.717) is 11.4 Å². The van der Waals surface area contributed by atoms with Crippen molar-refractivity contribution in [2.24, 2.45) is 0 Å².